The lowest BCUT2D eigenvalue weighted by molar-refractivity contribution is 0.342. The van der Waals surface area contributed by atoms with Gasteiger partial charge in [-0.25, -0.2) is 0 Å². The highest BCUT2D eigenvalue weighted by Gasteiger charge is 2.08. The summed E-state index contributed by atoms with van der Waals surface area (Å²) in [6.07, 6.45) is 0. The minimum atomic E-state index is 0.612. The topological polar surface area (TPSA) is 70.8 Å². The molecule has 126 valence electrons. The molecule has 3 aromatic rings. The smallest absolute Gasteiger partial charge is 0.210 e. The number of hydrogen-bond acceptors (Lipinski definition) is 7. The van der Waals surface area contributed by atoms with Crippen molar-refractivity contribution in [1.82, 2.24) is 10.2 Å². The number of nitrogens with zero attached hydrogens (tertiary/aromatic N) is 3. The molecule has 0 saturated heterocycles. The van der Waals surface area contributed by atoms with Crippen LogP contribution in [0.1, 0.15) is 18.1 Å². The van der Waals surface area contributed by atoms with Crippen LogP contribution in [0.15, 0.2) is 52.9 Å². The van der Waals surface area contributed by atoms with Gasteiger partial charge in [-0.2, -0.15) is 5.26 Å². The van der Waals surface area contributed by atoms with Crippen LogP contribution < -0.4 is 10.1 Å². The van der Waals surface area contributed by atoms with E-state index in [0.29, 0.717) is 12.2 Å². The largest absolute Gasteiger partial charge is 0.492 e. The minimum Gasteiger partial charge on any atom is -0.492 e. The van der Waals surface area contributed by atoms with Crippen molar-refractivity contribution < 1.29 is 4.74 Å². The highest BCUT2D eigenvalue weighted by molar-refractivity contribution is 8.00. The molecule has 0 unspecified atom stereocenters. The Morgan fingerprint density at radius 1 is 1.16 bits per heavy atom. The van der Waals surface area contributed by atoms with Crippen LogP contribution in [0.4, 0.5) is 10.8 Å². The maximum Gasteiger partial charge on any atom is 0.210 e. The van der Waals surface area contributed by atoms with Crippen molar-refractivity contribution in [2.24, 2.45) is 0 Å². The van der Waals surface area contributed by atoms with E-state index < -0.39 is 0 Å². The summed E-state index contributed by atoms with van der Waals surface area (Å²) < 4.78 is 6.50. The molecule has 0 fully saturated rings. The second-order valence-corrected chi connectivity index (χ2v) is 7.22. The third-order valence-corrected chi connectivity index (χ3v) is 5.32. The fourth-order valence-corrected chi connectivity index (χ4v) is 3.83. The number of nitriles is 1. The van der Waals surface area contributed by atoms with Gasteiger partial charge in [0.05, 0.1) is 23.9 Å². The molecule has 0 atom stereocenters. The number of benzene rings is 2. The molecule has 0 saturated carbocycles. The Morgan fingerprint density at radius 2 is 1.96 bits per heavy atom. The molecule has 0 aliphatic carbocycles. The van der Waals surface area contributed by atoms with E-state index in [1.165, 1.54) is 11.3 Å². The van der Waals surface area contributed by atoms with E-state index in [1.807, 2.05) is 55.5 Å². The number of ether oxygens (including phenoxy) is 1. The summed E-state index contributed by atoms with van der Waals surface area (Å²) in [5, 5.41) is 21.2. The predicted octanol–water partition coefficient (Wildman–Crippen LogP) is 4.84. The van der Waals surface area contributed by atoms with E-state index >= 15 is 0 Å². The van der Waals surface area contributed by atoms with Gasteiger partial charge in [-0.15, -0.1) is 10.2 Å². The van der Waals surface area contributed by atoms with Crippen molar-refractivity contribution in [3.8, 4) is 11.8 Å². The van der Waals surface area contributed by atoms with Crippen molar-refractivity contribution in [2.45, 2.75) is 17.0 Å². The first-order chi connectivity index (χ1) is 12.3. The van der Waals surface area contributed by atoms with Crippen LogP contribution in [0.25, 0.3) is 0 Å². The molecule has 0 spiro atoms. The lowest BCUT2D eigenvalue weighted by Crippen LogP contribution is -1.97. The van der Waals surface area contributed by atoms with Crippen molar-refractivity contribution in [3.63, 3.8) is 0 Å². The average Bonchev–Trinajstić information content (AvgIpc) is 3.10. The van der Waals surface area contributed by atoms with Crippen LogP contribution in [-0.2, 0) is 5.75 Å². The third kappa shape index (κ3) is 4.72. The van der Waals surface area contributed by atoms with Gasteiger partial charge < -0.3 is 10.1 Å². The summed E-state index contributed by atoms with van der Waals surface area (Å²) >= 11 is 3.13. The van der Waals surface area contributed by atoms with Gasteiger partial charge in [-0.3, -0.25) is 0 Å². The Hall–Kier alpha value is -2.56. The number of para-hydroxylation sites is 2. The Kier molecular flexibility index (Phi) is 5.88. The molecule has 25 heavy (non-hydrogen) atoms. The first-order valence-electron chi connectivity index (χ1n) is 7.72. The van der Waals surface area contributed by atoms with Crippen LogP contribution >= 0.6 is 23.1 Å². The molecule has 1 heterocycles. The van der Waals surface area contributed by atoms with E-state index in [1.54, 1.807) is 11.8 Å². The van der Waals surface area contributed by atoms with Crippen LogP contribution in [0, 0.1) is 11.3 Å². The monoisotopic (exact) mass is 368 g/mol. The quantitative estimate of drug-likeness (QED) is 0.602. The molecule has 3 rings (SSSR count). The third-order valence-electron chi connectivity index (χ3n) is 3.28. The zero-order valence-corrected chi connectivity index (χ0v) is 15.2. The summed E-state index contributed by atoms with van der Waals surface area (Å²) in [6, 6.07) is 17.5. The summed E-state index contributed by atoms with van der Waals surface area (Å²) in [6.45, 7) is 2.57. The lowest BCUT2D eigenvalue weighted by Gasteiger charge is -2.09. The molecule has 0 aliphatic heterocycles. The molecule has 0 radical (unpaired) electrons. The fourth-order valence-electron chi connectivity index (χ4n) is 2.11. The Morgan fingerprint density at radius 3 is 2.72 bits per heavy atom. The van der Waals surface area contributed by atoms with Gasteiger partial charge in [0.25, 0.3) is 0 Å². The number of thioether (sulfide) groups is 1. The van der Waals surface area contributed by atoms with Gasteiger partial charge in [-0.1, -0.05) is 47.4 Å². The molecule has 7 heteroatoms. The molecule has 0 amide bonds. The van der Waals surface area contributed by atoms with Gasteiger partial charge in [0.2, 0.25) is 5.13 Å². The summed E-state index contributed by atoms with van der Waals surface area (Å²) in [7, 11) is 0. The fraction of sp³-hybridized carbons (Fsp3) is 0.167. The zero-order chi connectivity index (χ0) is 17.5. The van der Waals surface area contributed by atoms with Crippen molar-refractivity contribution >= 4 is 33.9 Å². The van der Waals surface area contributed by atoms with Gasteiger partial charge >= 0.3 is 0 Å². The summed E-state index contributed by atoms with van der Waals surface area (Å²) in [4.78, 5) is 0. The first-order valence-corrected chi connectivity index (χ1v) is 9.53. The highest BCUT2D eigenvalue weighted by Crippen LogP contribution is 2.32. The SMILES string of the molecule is CCOc1ccccc1Nc1nnc(SCc2ccc(C#N)cc2)s1. The molecule has 0 aliphatic rings. The minimum absolute atomic E-state index is 0.612. The molecule has 2 aromatic carbocycles. The number of rotatable bonds is 7. The van der Waals surface area contributed by atoms with E-state index in [2.05, 4.69) is 21.6 Å². The van der Waals surface area contributed by atoms with Crippen LogP contribution in [0.3, 0.4) is 0 Å². The van der Waals surface area contributed by atoms with E-state index in [9.17, 15) is 0 Å². The van der Waals surface area contributed by atoms with Crippen LogP contribution in [0.5, 0.6) is 5.75 Å². The van der Waals surface area contributed by atoms with E-state index in [4.69, 9.17) is 10.00 Å². The van der Waals surface area contributed by atoms with Crippen molar-refractivity contribution in [1.29, 1.82) is 5.26 Å². The Balaban J connectivity index is 1.61. The summed E-state index contributed by atoms with van der Waals surface area (Å²) in [5.74, 6) is 1.59. The molecule has 0 bridgehead atoms. The molecule has 1 N–H and O–H groups in total. The van der Waals surface area contributed by atoms with E-state index in [0.717, 1.165) is 32.2 Å². The number of hydrogen-bond donors (Lipinski definition) is 1. The second kappa shape index (κ2) is 8.51. The standard InChI is InChI=1S/C18H16N4OS2/c1-2-23-16-6-4-3-5-15(16)20-17-21-22-18(25-17)24-12-14-9-7-13(11-19)8-10-14/h3-10H,2,12H2,1H3,(H,20,21). The number of anilines is 2. The highest BCUT2D eigenvalue weighted by atomic mass is 32.2. The Bertz CT molecular complexity index is 871. The normalized spacial score (nSPS) is 10.2. The number of aromatic nitrogens is 2. The molecule has 5 nitrogen and oxygen atoms in total. The zero-order valence-electron chi connectivity index (χ0n) is 13.6. The van der Waals surface area contributed by atoms with Gasteiger partial charge in [-0.05, 0) is 36.8 Å². The van der Waals surface area contributed by atoms with E-state index in [-0.39, 0.29) is 0 Å². The van der Waals surface area contributed by atoms with Crippen LogP contribution in [0.2, 0.25) is 0 Å². The van der Waals surface area contributed by atoms with Crippen LogP contribution in [-0.4, -0.2) is 16.8 Å². The van der Waals surface area contributed by atoms with Crippen molar-refractivity contribution in [2.75, 3.05) is 11.9 Å². The van der Waals surface area contributed by atoms with Gasteiger partial charge in [0, 0.05) is 5.75 Å². The maximum absolute atomic E-state index is 8.83. The summed E-state index contributed by atoms with van der Waals surface area (Å²) in [5.41, 5.74) is 2.70. The van der Waals surface area contributed by atoms with Gasteiger partial charge in [0.15, 0.2) is 4.34 Å². The first kappa shape index (κ1) is 17.3. The molecule has 1 aromatic heterocycles. The number of nitrogens with one attached hydrogen (secondary N) is 1. The lowest BCUT2D eigenvalue weighted by atomic mass is 10.2. The maximum atomic E-state index is 8.83. The predicted molar refractivity (Wildman–Crippen MR) is 102 cm³/mol. The van der Waals surface area contributed by atoms with Gasteiger partial charge in [0.1, 0.15) is 5.75 Å². The molecular formula is C18H16N4OS2. The average molecular weight is 368 g/mol. The second-order valence-electron chi connectivity index (χ2n) is 5.02. The molecular weight excluding hydrogens is 352 g/mol. The van der Waals surface area contributed by atoms with Crippen molar-refractivity contribution in [3.05, 3.63) is 59.7 Å². The Labute approximate surface area is 154 Å².